The number of likely N-dealkylation sites (tertiary alicyclic amines) is 1. The van der Waals surface area contributed by atoms with E-state index in [2.05, 4.69) is 38.1 Å². The summed E-state index contributed by atoms with van der Waals surface area (Å²) in [4.78, 5) is 1.70. The first-order chi connectivity index (χ1) is 8.81. The summed E-state index contributed by atoms with van der Waals surface area (Å²) in [5, 5.41) is 0. The average Bonchev–Trinajstić information content (AvgIpc) is 2.92. The Hall–Kier alpha value is -1.02. The molecule has 2 heteroatoms. The van der Waals surface area contributed by atoms with E-state index in [1.54, 1.807) is 4.90 Å². The summed E-state index contributed by atoms with van der Waals surface area (Å²) in [5.41, 5.74) is 1.36. The normalized spacial score (nSPS) is 17.9. The van der Waals surface area contributed by atoms with E-state index in [1.807, 2.05) is 0 Å². The molecule has 0 unspecified atom stereocenters. The molecule has 1 aromatic carbocycles. The molecule has 2 nitrogen and oxygen atoms in total. The van der Waals surface area contributed by atoms with Gasteiger partial charge in [0.25, 0.3) is 0 Å². The van der Waals surface area contributed by atoms with Crippen LogP contribution in [0.25, 0.3) is 0 Å². The minimum Gasteiger partial charge on any atom is -0.487 e. The molecule has 1 aromatic rings. The van der Waals surface area contributed by atoms with Crippen LogP contribution in [0.15, 0.2) is 24.3 Å². The average molecular weight is 248 g/mol. The van der Waals surface area contributed by atoms with Gasteiger partial charge in [0, 0.05) is 12.8 Å². The Morgan fingerprint density at radius 3 is 2.67 bits per heavy atom. The minimum absolute atomic E-state index is 0.584. The predicted molar refractivity (Wildman–Crippen MR) is 75.4 cm³/mol. The van der Waals surface area contributed by atoms with Gasteiger partial charge < -0.3 is 9.64 Å². The van der Waals surface area contributed by atoms with E-state index in [0.717, 1.165) is 25.3 Å². The van der Waals surface area contributed by atoms with Crippen molar-refractivity contribution in [2.24, 2.45) is 0 Å². The zero-order valence-electron chi connectivity index (χ0n) is 11.7. The molecule has 1 atom stereocenters. The van der Waals surface area contributed by atoms with Crippen LogP contribution in [-0.2, 0) is 0 Å². The molecule has 2 rings (SSSR count). The lowest BCUT2D eigenvalue weighted by atomic mass is 9.98. The highest BCUT2D eigenvalue weighted by molar-refractivity contribution is 5.35. The topological polar surface area (TPSA) is 13.7 Å². The number of ether oxygens (including phenoxy) is 1. The molecule has 100 valence electrons. The SMILES string of the molecule is CC[C@H](C)c1ccccc1OCC[NH+]1CCCC1. The fourth-order valence-corrected chi connectivity index (χ4v) is 2.67. The highest BCUT2D eigenvalue weighted by atomic mass is 16.5. The molecular formula is C16H26NO+. The fraction of sp³-hybridized carbons (Fsp3) is 0.625. The first kappa shape index (κ1) is 13.4. The summed E-state index contributed by atoms with van der Waals surface area (Å²) in [5.74, 6) is 1.67. The van der Waals surface area contributed by atoms with Gasteiger partial charge in [-0.1, -0.05) is 32.0 Å². The number of rotatable bonds is 6. The summed E-state index contributed by atoms with van der Waals surface area (Å²) in [6.45, 7) is 9.16. The maximum absolute atomic E-state index is 6.00. The summed E-state index contributed by atoms with van der Waals surface area (Å²) in [6, 6.07) is 8.50. The van der Waals surface area contributed by atoms with Crippen molar-refractivity contribution in [1.82, 2.24) is 0 Å². The number of benzene rings is 1. The molecule has 0 saturated carbocycles. The highest BCUT2D eigenvalue weighted by Crippen LogP contribution is 2.28. The third kappa shape index (κ3) is 3.49. The van der Waals surface area contributed by atoms with Crippen molar-refractivity contribution in [1.29, 1.82) is 0 Å². The molecule has 1 fully saturated rings. The van der Waals surface area contributed by atoms with Crippen LogP contribution in [0.4, 0.5) is 0 Å². The standard InChI is InChI=1S/C16H25NO/c1-3-14(2)15-8-4-5-9-16(15)18-13-12-17-10-6-7-11-17/h4-5,8-9,14H,3,6-7,10-13H2,1-2H3/p+1/t14-/m0/s1. The van der Waals surface area contributed by atoms with E-state index in [-0.39, 0.29) is 0 Å². The van der Waals surface area contributed by atoms with Crippen molar-refractivity contribution in [3.05, 3.63) is 29.8 Å². The van der Waals surface area contributed by atoms with Crippen LogP contribution in [0, 0.1) is 0 Å². The van der Waals surface area contributed by atoms with Gasteiger partial charge in [-0.2, -0.15) is 0 Å². The summed E-state index contributed by atoms with van der Waals surface area (Å²) >= 11 is 0. The van der Waals surface area contributed by atoms with E-state index in [0.29, 0.717) is 5.92 Å². The van der Waals surface area contributed by atoms with Gasteiger partial charge in [0.05, 0.1) is 13.1 Å². The van der Waals surface area contributed by atoms with Crippen molar-refractivity contribution >= 4 is 0 Å². The molecule has 1 N–H and O–H groups in total. The molecular weight excluding hydrogens is 222 g/mol. The van der Waals surface area contributed by atoms with Gasteiger partial charge >= 0.3 is 0 Å². The maximum Gasteiger partial charge on any atom is 0.137 e. The molecule has 0 amide bonds. The molecule has 1 aliphatic heterocycles. The first-order valence-corrected chi connectivity index (χ1v) is 7.36. The van der Waals surface area contributed by atoms with Crippen LogP contribution < -0.4 is 9.64 Å². The van der Waals surface area contributed by atoms with Crippen molar-refractivity contribution in [2.45, 2.75) is 39.0 Å². The summed E-state index contributed by atoms with van der Waals surface area (Å²) in [6.07, 6.45) is 3.94. The van der Waals surface area contributed by atoms with E-state index in [1.165, 1.54) is 31.5 Å². The largest absolute Gasteiger partial charge is 0.487 e. The van der Waals surface area contributed by atoms with Gasteiger partial charge in [-0.3, -0.25) is 0 Å². The summed E-state index contributed by atoms with van der Waals surface area (Å²) in [7, 11) is 0. The molecule has 1 saturated heterocycles. The van der Waals surface area contributed by atoms with Gasteiger partial charge in [-0.15, -0.1) is 0 Å². The monoisotopic (exact) mass is 248 g/mol. The Kier molecular flexibility index (Phi) is 5.06. The third-order valence-electron chi connectivity index (χ3n) is 4.09. The Morgan fingerprint density at radius 1 is 1.22 bits per heavy atom. The minimum atomic E-state index is 0.584. The fourth-order valence-electron chi connectivity index (χ4n) is 2.67. The molecule has 18 heavy (non-hydrogen) atoms. The van der Waals surface area contributed by atoms with Gasteiger partial charge in [-0.25, -0.2) is 0 Å². The van der Waals surface area contributed by atoms with Gasteiger partial charge in [0.2, 0.25) is 0 Å². The van der Waals surface area contributed by atoms with Crippen LogP contribution in [0.2, 0.25) is 0 Å². The third-order valence-corrected chi connectivity index (χ3v) is 4.09. The van der Waals surface area contributed by atoms with Crippen molar-refractivity contribution < 1.29 is 9.64 Å². The lowest BCUT2D eigenvalue weighted by molar-refractivity contribution is -0.887. The van der Waals surface area contributed by atoms with Crippen molar-refractivity contribution in [3.8, 4) is 5.75 Å². The number of nitrogens with one attached hydrogen (secondary N) is 1. The van der Waals surface area contributed by atoms with E-state index < -0.39 is 0 Å². The molecule has 0 aromatic heterocycles. The zero-order valence-corrected chi connectivity index (χ0v) is 11.7. The lowest BCUT2D eigenvalue weighted by Crippen LogP contribution is -3.10. The number of quaternary nitrogens is 1. The Balaban J connectivity index is 1.87. The smallest absolute Gasteiger partial charge is 0.137 e. The maximum atomic E-state index is 6.00. The van der Waals surface area contributed by atoms with E-state index in [9.17, 15) is 0 Å². The Morgan fingerprint density at radius 2 is 1.94 bits per heavy atom. The Labute approximate surface area is 111 Å². The van der Waals surface area contributed by atoms with Crippen molar-refractivity contribution in [2.75, 3.05) is 26.2 Å². The quantitative estimate of drug-likeness (QED) is 0.815. The molecule has 0 radical (unpaired) electrons. The van der Waals surface area contributed by atoms with Gasteiger partial charge in [0.1, 0.15) is 18.9 Å². The van der Waals surface area contributed by atoms with Crippen LogP contribution in [0.1, 0.15) is 44.6 Å². The van der Waals surface area contributed by atoms with Gasteiger partial charge in [-0.05, 0) is 24.0 Å². The number of para-hydroxylation sites is 1. The number of hydrogen-bond donors (Lipinski definition) is 1. The van der Waals surface area contributed by atoms with Crippen LogP contribution >= 0.6 is 0 Å². The van der Waals surface area contributed by atoms with Crippen molar-refractivity contribution in [3.63, 3.8) is 0 Å². The first-order valence-electron chi connectivity index (χ1n) is 7.36. The highest BCUT2D eigenvalue weighted by Gasteiger charge is 2.15. The summed E-state index contributed by atoms with van der Waals surface area (Å²) < 4.78 is 6.00. The second-order valence-electron chi connectivity index (χ2n) is 5.40. The second-order valence-corrected chi connectivity index (χ2v) is 5.40. The van der Waals surface area contributed by atoms with Crippen LogP contribution in [-0.4, -0.2) is 26.2 Å². The zero-order chi connectivity index (χ0) is 12.8. The van der Waals surface area contributed by atoms with Crippen LogP contribution in [0.5, 0.6) is 5.75 Å². The van der Waals surface area contributed by atoms with Crippen LogP contribution in [0.3, 0.4) is 0 Å². The molecule has 1 heterocycles. The molecule has 0 bridgehead atoms. The molecule has 0 aliphatic carbocycles. The molecule has 0 spiro atoms. The van der Waals surface area contributed by atoms with E-state index in [4.69, 9.17) is 4.74 Å². The lowest BCUT2D eigenvalue weighted by Gasteiger charge is -2.17. The van der Waals surface area contributed by atoms with E-state index >= 15 is 0 Å². The van der Waals surface area contributed by atoms with Gasteiger partial charge in [0.15, 0.2) is 0 Å². The molecule has 1 aliphatic rings. The Bertz CT molecular complexity index is 358. The number of hydrogen-bond acceptors (Lipinski definition) is 1. The second kappa shape index (κ2) is 6.79. The predicted octanol–water partition coefficient (Wildman–Crippen LogP) is 2.26.